The standard InChI is InChI=1S/C14H20ClNO/c1-17-14-6-4-12(5-7-14)10-16-8-2-3-13(9-15)11-16/h4-7,13H,2-3,8-11H2,1H3. The zero-order valence-electron chi connectivity index (χ0n) is 10.4. The maximum absolute atomic E-state index is 5.95. The van der Waals surface area contributed by atoms with Gasteiger partial charge in [0.15, 0.2) is 0 Å². The molecule has 1 aromatic carbocycles. The molecular weight excluding hydrogens is 234 g/mol. The van der Waals surface area contributed by atoms with Crippen LogP contribution in [-0.4, -0.2) is 31.0 Å². The number of halogens is 1. The van der Waals surface area contributed by atoms with Gasteiger partial charge in [0.25, 0.3) is 0 Å². The summed E-state index contributed by atoms with van der Waals surface area (Å²) in [6.45, 7) is 3.35. The quantitative estimate of drug-likeness (QED) is 0.765. The molecule has 17 heavy (non-hydrogen) atoms. The number of hydrogen-bond donors (Lipinski definition) is 0. The molecule has 0 N–H and O–H groups in total. The number of ether oxygens (including phenoxy) is 1. The lowest BCUT2D eigenvalue weighted by molar-refractivity contribution is 0.178. The highest BCUT2D eigenvalue weighted by Gasteiger charge is 2.18. The zero-order chi connectivity index (χ0) is 12.1. The highest BCUT2D eigenvalue weighted by molar-refractivity contribution is 6.18. The molecule has 3 heteroatoms. The first-order valence-corrected chi connectivity index (χ1v) is 6.76. The second-order valence-electron chi connectivity index (χ2n) is 4.75. The molecule has 0 amide bonds. The topological polar surface area (TPSA) is 12.5 Å². The number of hydrogen-bond acceptors (Lipinski definition) is 2. The number of benzene rings is 1. The molecular formula is C14H20ClNO. The Hall–Kier alpha value is -0.730. The summed E-state index contributed by atoms with van der Waals surface area (Å²) in [7, 11) is 1.70. The minimum Gasteiger partial charge on any atom is -0.497 e. The second-order valence-corrected chi connectivity index (χ2v) is 5.05. The molecule has 1 saturated heterocycles. The summed E-state index contributed by atoms with van der Waals surface area (Å²) in [5.74, 6) is 2.38. The third kappa shape index (κ3) is 3.62. The van der Waals surface area contributed by atoms with Crippen molar-refractivity contribution in [3.63, 3.8) is 0 Å². The van der Waals surface area contributed by atoms with Crippen LogP contribution < -0.4 is 4.74 Å². The third-order valence-electron chi connectivity index (χ3n) is 3.39. The van der Waals surface area contributed by atoms with Crippen molar-refractivity contribution in [3.8, 4) is 5.75 Å². The Morgan fingerprint density at radius 2 is 2.12 bits per heavy atom. The molecule has 1 aliphatic rings. The zero-order valence-corrected chi connectivity index (χ0v) is 11.1. The summed E-state index contributed by atoms with van der Waals surface area (Å²) < 4.78 is 5.16. The largest absolute Gasteiger partial charge is 0.497 e. The molecule has 2 rings (SSSR count). The molecule has 1 aliphatic heterocycles. The molecule has 1 unspecified atom stereocenters. The Bertz CT molecular complexity index is 339. The molecule has 1 heterocycles. The number of likely N-dealkylation sites (tertiary alicyclic amines) is 1. The third-order valence-corrected chi connectivity index (χ3v) is 3.82. The summed E-state index contributed by atoms with van der Waals surface area (Å²) in [5, 5.41) is 0. The van der Waals surface area contributed by atoms with Crippen molar-refractivity contribution in [1.82, 2.24) is 4.90 Å². The molecule has 0 aromatic heterocycles. The van der Waals surface area contributed by atoms with Crippen LogP contribution in [0.15, 0.2) is 24.3 Å². The minimum absolute atomic E-state index is 0.670. The van der Waals surface area contributed by atoms with Gasteiger partial charge in [-0.2, -0.15) is 0 Å². The van der Waals surface area contributed by atoms with Crippen LogP contribution in [0.5, 0.6) is 5.75 Å². The van der Waals surface area contributed by atoms with Crippen molar-refractivity contribution in [1.29, 1.82) is 0 Å². The molecule has 1 fully saturated rings. The predicted octanol–water partition coefficient (Wildman–Crippen LogP) is 3.15. The van der Waals surface area contributed by atoms with Crippen molar-refractivity contribution in [2.24, 2.45) is 5.92 Å². The first-order chi connectivity index (χ1) is 8.31. The van der Waals surface area contributed by atoms with E-state index < -0.39 is 0 Å². The summed E-state index contributed by atoms with van der Waals surface area (Å²) in [6.07, 6.45) is 2.55. The first-order valence-electron chi connectivity index (χ1n) is 6.23. The number of piperidine rings is 1. The highest BCUT2D eigenvalue weighted by Crippen LogP contribution is 2.20. The molecule has 2 nitrogen and oxygen atoms in total. The van der Waals surface area contributed by atoms with Crippen molar-refractivity contribution in [3.05, 3.63) is 29.8 Å². The van der Waals surface area contributed by atoms with Crippen LogP contribution in [-0.2, 0) is 6.54 Å². The van der Waals surface area contributed by atoms with E-state index in [2.05, 4.69) is 17.0 Å². The minimum atomic E-state index is 0.670. The molecule has 0 spiro atoms. The normalized spacial score (nSPS) is 21.4. The van der Waals surface area contributed by atoms with E-state index in [-0.39, 0.29) is 0 Å². The van der Waals surface area contributed by atoms with Crippen LogP contribution in [0.25, 0.3) is 0 Å². The van der Waals surface area contributed by atoms with E-state index in [1.54, 1.807) is 7.11 Å². The van der Waals surface area contributed by atoms with Crippen LogP contribution >= 0.6 is 11.6 Å². The fourth-order valence-corrected chi connectivity index (χ4v) is 2.66. The van der Waals surface area contributed by atoms with Gasteiger partial charge in [0, 0.05) is 19.0 Å². The summed E-state index contributed by atoms with van der Waals surface area (Å²) >= 11 is 5.95. The summed E-state index contributed by atoms with van der Waals surface area (Å²) in [6, 6.07) is 8.34. The lowest BCUT2D eigenvalue weighted by Crippen LogP contribution is -2.35. The lowest BCUT2D eigenvalue weighted by Gasteiger charge is -2.31. The van der Waals surface area contributed by atoms with Crippen molar-refractivity contribution in [2.75, 3.05) is 26.1 Å². The number of nitrogens with zero attached hydrogens (tertiary/aromatic N) is 1. The fourth-order valence-electron chi connectivity index (χ4n) is 2.41. The number of rotatable bonds is 4. The van der Waals surface area contributed by atoms with E-state index in [0.717, 1.165) is 24.7 Å². The highest BCUT2D eigenvalue weighted by atomic mass is 35.5. The maximum atomic E-state index is 5.95. The van der Waals surface area contributed by atoms with Gasteiger partial charge in [-0.05, 0) is 43.0 Å². The van der Waals surface area contributed by atoms with Gasteiger partial charge in [-0.25, -0.2) is 0 Å². The van der Waals surface area contributed by atoms with Crippen molar-refractivity contribution in [2.45, 2.75) is 19.4 Å². The van der Waals surface area contributed by atoms with Crippen molar-refractivity contribution < 1.29 is 4.74 Å². The molecule has 1 atom stereocenters. The molecule has 94 valence electrons. The van der Waals surface area contributed by atoms with E-state index in [1.165, 1.54) is 24.9 Å². The van der Waals surface area contributed by atoms with E-state index in [4.69, 9.17) is 16.3 Å². The van der Waals surface area contributed by atoms with Gasteiger partial charge < -0.3 is 4.74 Å². The number of alkyl halides is 1. The van der Waals surface area contributed by atoms with Gasteiger partial charge in [0.05, 0.1) is 7.11 Å². The fraction of sp³-hybridized carbons (Fsp3) is 0.571. The van der Waals surface area contributed by atoms with Gasteiger partial charge in [-0.3, -0.25) is 4.90 Å². The Balaban J connectivity index is 1.90. The van der Waals surface area contributed by atoms with Crippen LogP contribution in [0.1, 0.15) is 18.4 Å². The van der Waals surface area contributed by atoms with E-state index in [0.29, 0.717) is 5.92 Å². The SMILES string of the molecule is COc1ccc(CN2CCCC(CCl)C2)cc1. The predicted molar refractivity (Wildman–Crippen MR) is 71.7 cm³/mol. The Morgan fingerprint density at radius 3 is 2.76 bits per heavy atom. The molecule has 0 saturated carbocycles. The van der Waals surface area contributed by atoms with E-state index >= 15 is 0 Å². The average molecular weight is 254 g/mol. The Labute approximate surface area is 109 Å². The maximum Gasteiger partial charge on any atom is 0.118 e. The summed E-state index contributed by atoms with van der Waals surface area (Å²) in [4.78, 5) is 2.50. The van der Waals surface area contributed by atoms with E-state index in [9.17, 15) is 0 Å². The lowest BCUT2D eigenvalue weighted by atomic mass is 9.99. The Morgan fingerprint density at radius 1 is 1.35 bits per heavy atom. The molecule has 0 bridgehead atoms. The van der Waals surface area contributed by atoms with Crippen LogP contribution in [0.4, 0.5) is 0 Å². The van der Waals surface area contributed by atoms with Gasteiger partial charge in [-0.15, -0.1) is 11.6 Å². The summed E-state index contributed by atoms with van der Waals surface area (Å²) in [5.41, 5.74) is 1.35. The second kappa shape index (κ2) is 6.27. The smallest absolute Gasteiger partial charge is 0.118 e. The van der Waals surface area contributed by atoms with Crippen molar-refractivity contribution >= 4 is 11.6 Å². The number of methoxy groups -OCH3 is 1. The van der Waals surface area contributed by atoms with E-state index in [1.807, 2.05) is 12.1 Å². The van der Waals surface area contributed by atoms with Crippen LogP contribution in [0, 0.1) is 5.92 Å². The van der Waals surface area contributed by atoms with Gasteiger partial charge in [0.1, 0.15) is 5.75 Å². The molecule has 0 radical (unpaired) electrons. The molecule has 0 aliphatic carbocycles. The van der Waals surface area contributed by atoms with Crippen LogP contribution in [0.3, 0.4) is 0 Å². The average Bonchev–Trinajstić information content (AvgIpc) is 2.40. The van der Waals surface area contributed by atoms with Gasteiger partial charge >= 0.3 is 0 Å². The Kier molecular flexibility index (Phi) is 4.69. The van der Waals surface area contributed by atoms with Gasteiger partial charge in [-0.1, -0.05) is 12.1 Å². The first kappa shape index (κ1) is 12.7. The molecule has 1 aromatic rings. The monoisotopic (exact) mass is 253 g/mol. The van der Waals surface area contributed by atoms with Gasteiger partial charge in [0.2, 0.25) is 0 Å². The van der Waals surface area contributed by atoms with Crippen LogP contribution in [0.2, 0.25) is 0 Å².